The van der Waals surface area contributed by atoms with Crippen molar-refractivity contribution >= 4 is 52.1 Å². The van der Waals surface area contributed by atoms with Crippen molar-refractivity contribution in [2.24, 2.45) is 0 Å². The molecular weight excluding hydrogens is 514 g/mol. The zero-order chi connectivity index (χ0) is 24.6. The third-order valence-corrected chi connectivity index (χ3v) is 5.73. The van der Waals surface area contributed by atoms with E-state index in [2.05, 4.69) is 15.8 Å². The average Bonchev–Trinajstić information content (AvgIpc) is 3.21. The largest absolute Gasteiger partial charge is 0.417 e. The molecule has 176 valence electrons. The summed E-state index contributed by atoms with van der Waals surface area (Å²) < 4.78 is 42.4. The lowest BCUT2D eigenvalue weighted by atomic mass is 9.96. The molecule has 0 saturated carbocycles. The molecule has 1 amide bonds. The maximum absolute atomic E-state index is 14.1. The Hall–Kier alpha value is -2.78. The van der Waals surface area contributed by atoms with Crippen molar-refractivity contribution < 1.29 is 22.8 Å². The molecule has 0 fully saturated rings. The number of hydrogen-bond donors (Lipinski definition) is 2. The van der Waals surface area contributed by atoms with Gasteiger partial charge in [0.25, 0.3) is 5.91 Å². The number of aromatic nitrogens is 1. The second-order valence-electron chi connectivity index (χ2n) is 7.44. The lowest BCUT2D eigenvalue weighted by molar-refractivity contribution is -0.107. The molecule has 4 rings (SSSR count). The first kappa shape index (κ1) is 24.3. The third-order valence-electron chi connectivity index (χ3n) is 5.07. The van der Waals surface area contributed by atoms with Crippen LogP contribution in [0.1, 0.15) is 33.2 Å². The van der Waals surface area contributed by atoms with Crippen LogP contribution in [0.15, 0.2) is 60.3 Å². The lowest BCUT2D eigenvalue weighted by Crippen LogP contribution is -2.18. The van der Waals surface area contributed by atoms with Crippen LogP contribution in [-0.2, 0) is 4.84 Å². The molecule has 34 heavy (non-hydrogen) atoms. The normalized spacial score (nSPS) is 15.9. The van der Waals surface area contributed by atoms with Gasteiger partial charge in [-0.2, -0.15) is 13.2 Å². The highest BCUT2D eigenvalue weighted by Gasteiger charge is 2.47. The maximum Gasteiger partial charge on any atom is 0.417 e. The fourth-order valence-corrected chi connectivity index (χ4v) is 4.10. The van der Waals surface area contributed by atoms with E-state index in [1.165, 1.54) is 48.7 Å². The first-order chi connectivity index (χ1) is 16.0. The van der Waals surface area contributed by atoms with Gasteiger partial charge >= 0.3 is 6.18 Å². The van der Waals surface area contributed by atoms with Crippen LogP contribution in [0.25, 0.3) is 5.70 Å². The van der Waals surface area contributed by atoms with E-state index >= 15 is 0 Å². The predicted molar refractivity (Wildman–Crippen MR) is 125 cm³/mol. The fourth-order valence-electron chi connectivity index (χ4n) is 3.45. The molecule has 1 aliphatic heterocycles. The smallest absolute Gasteiger partial charge is 0.322 e. The minimum Gasteiger partial charge on any atom is -0.322 e. The van der Waals surface area contributed by atoms with E-state index in [-0.39, 0.29) is 37.6 Å². The van der Waals surface area contributed by atoms with Gasteiger partial charge in [-0.05, 0) is 54.4 Å². The molecule has 0 radical (unpaired) electrons. The molecule has 11 heteroatoms. The highest BCUT2D eigenvalue weighted by atomic mass is 35.5. The van der Waals surface area contributed by atoms with Crippen LogP contribution >= 0.6 is 34.8 Å². The maximum atomic E-state index is 14.1. The fraction of sp³-hybridized carbons (Fsp3) is 0.130. The molecule has 1 aromatic heterocycles. The summed E-state index contributed by atoms with van der Waals surface area (Å²) in [6, 6.07) is 11.6. The molecule has 2 N–H and O–H groups in total. The zero-order valence-corrected chi connectivity index (χ0v) is 19.6. The van der Waals surface area contributed by atoms with Gasteiger partial charge < -0.3 is 5.32 Å². The molecular formula is C23H15Cl3F3N3O2. The Bertz CT molecular complexity index is 1270. The van der Waals surface area contributed by atoms with Gasteiger partial charge in [0.1, 0.15) is 11.3 Å². The Morgan fingerprint density at radius 1 is 1.06 bits per heavy atom. The number of rotatable bonds is 4. The van der Waals surface area contributed by atoms with E-state index in [0.29, 0.717) is 11.3 Å². The Balaban J connectivity index is 1.73. The number of hydroxylamine groups is 1. The van der Waals surface area contributed by atoms with Crippen LogP contribution in [-0.4, -0.2) is 17.1 Å². The van der Waals surface area contributed by atoms with Gasteiger partial charge in [-0.25, -0.2) is 4.98 Å². The molecule has 5 nitrogen and oxygen atoms in total. The van der Waals surface area contributed by atoms with Gasteiger partial charge in [-0.1, -0.05) is 46.9 Å². The van der Waals surface area contributed by atoms with Crippen molar-refractivity contribution in [2.75, 3.05) is 5.32 Å². The molecule has 2 heterocycles. The minimum atomic E-state index is -4.73. The number of nitrogens with zero attached hydrogens (tertiary/aromatic N) is 1. The van der Waals surface area contributed by atoms with Gasteiger partial charge in [0, 0.05) is 27.5 Å². The number of pyridine rings is 1. The molecule has 0 bridgehead atoms. The van der Waals surface area contributed by atoms with Crippen LogP contribution in [0.5, 0.6) is 0 Å². The number of amides is 1. The monoisotopic (exact) mass is 527 g/mol. The van der Waals surface area contributed by atoms with E-state index in [9.17, 15) is 18.0 Å². The number of carbonyl (C=O) groups is 1. The summed E-state index contributed by atoms with van der Waals surface area (Å²) in [7, 11) is 0. The van der Waals surface area contributed by atoms with Crippen LogP contribution in [0.4, 0.5) is 18.9 Å². The van der Waals surface area contributed by atoms with Crippen molar-refractivity contribution in [1.29, 1.82) is 0 Å². The molecule has 3 aromatic rings. The van der Waals surface area contributed by atoms with Crippen molar-refractivity contribution in [3.8, 4) is 0 Å². The number of aryl methyl sites for hydroxylation is 1. The van der Waals surface area contributed by atoms with Crippen molar-refractivity contribution in [1.82, 2.24) is 10.5 Å². The summed E-state index contributed by atoms with van der Waals surface area (Å²) in [5, 5.41) is 3.28. The zero-order valence-electron chi connectivity index (χ0n) is 17.3. The Morgan fingerprint density at radius 2 is 1.76 bits per heavy atom. The summed E-state index contributed by atoms with van der Waals surface area (Å²) in [6.07, 6.45) is -4.93. The van der Waals surface area contributed by atoms with Crippen molar-refractivity contribution in [3.63, 3.8) is 0 Å². The summed E-state index contributed by atoms with van der Waals surface area (Å²) >= 11 is 17.7. The van der Waals surface area contributed by atoms with E-state index in [1.54, 1.807) is 13.0 Å². The number of alkyl halides is 3. The van der Waals surface area contributed by atoms with Gasteiger partial charge in [-0.3, -0.25) is 15.1 Å². The van der Waals surface area contributed by atoms with E-state index in [0.717, 1.165) is 0 Å². The number of anilines is 1. The number of benzene rings is 2. The van der Waals surface area contributed by atoms with E-state index < -0.39 is 23.8 Å². The molecule has 2 aromatic carbocycles. The molecule has 1 aliphatic rings. The minimum absolute atomic E-state index is 0.142. The Morgan fingerprint density at radius 3 is 2.38 bits per heavy atom. The predicted octanol–water partition coefficient (Wildman–Crippen LogP) is 7.15. The highest BCUT2D eigenvalue weighted by molar-refractivity contribution is 6.34. The van der Waals surface area contributed by atoms with Crippen LogP contribution < -0.4 is 10.8 Å². The molecule has 1 atom stereocenters. The number of nitrogens with one attached hydrogen (secondary N) is 2. The van der Waals surface area contributed by atoms with Gasteiger partial charge in [0.15, 0.2) is 0 Å². The van der Waals surface area contributed by atoms with Gasteiger partial charge in [-0.15, -0.1) is 0 Å². The van der Waals surface area contributed by atoms with Crippen LogP contribution in [0, 0.1) is 6.92 Å². The van der Waals surface area contributed by atoms with Gasteiger partial charge in [0.05, 0.1) is 16.8 Å². The van der Waals surface area contributed by atoms with Crippen LogP contribution in [0.3, 0.4) is 0 Å². The molecule has 0 spiro atoms. The quantitative estimate of drug-likeness (QED) is 0.353. The summed E-state index contributed by atoms with van der Waals surface area (Å²) in [6.45, 7) is 1.72. The summed E-state index contributed by atoms with van der Waals surface area (Å²) in [5.74, 6) is -0.489. The number of hydrogen-bond acceptors (Lipinski definition) is 4. The topological polar surface area (TPSA) is 63.2 Å². The first-order valence-electron chi connectivity index (χ1n) is 9.76. The molecule has 0 aliphatic carbocycles. The van der Waals surface area contributed by atoms with Gasteiger partial charge in [0.2, 0.25) is 0 Å². The van der Waals surface area contributed by atoms with Crippen LogP contribution in [0.2, 0.25) is 15.2 Å². The van der Waals surface area contributed by atoms with Crippen molar-refractivity contribution in [2.45, 2.75) is 19.2 Å². The third kappa shape index (κ3) is 5.15. The summed E-state index contributed by atoms with van der Waals surface area (Å²) in [4.78, 5) is 21.8. The SMILES string of the molecule is Cc1ccc(C2=C(C(F)(F)F)C(c3cc(Cl)cc(Cl)c3)ON2)cc1NC(=O)c1ccc(Cl)nc1. The lowest BCUT2D eigenvalue weighted by Gasteiger charge is -2.17. The molecule has 1 unspecified atom stereocenters. The second-order valence-corrected chi connectivity index (χ2v) is 8.70. The van der Waals surface area contributed by atoms with E-state index in [4.69, 9.17) is 39.6 Å². The first-order valence-corrected chi connectivity index (χ1v) is 10.9. The molecule has 0 saturated heterocycles. The number of halogens is 6. The van der Waals surface area contributed by atoms with E-state index in [1.807, 2.05) is 0 Å². The van der Waals surface area contributed by atoms with Crippen molar-refractivity contribution in [3.05, 3.63) is 97.8 Å². The summed E-state index contributed by atoms with van der Waals surface area (Å²) in [5.41, 5.74) is 2.67. The second kappa shape index (κ2) is 9.46. The Labute approximate surface area is 207 Å². The highest BCUT2D eigenvalue weighted by Crippen LogP contribution is 2.46. The average molecular weight is 529 g/mol. The Kier molecular flexibility index (Phi) is 6.78. The number of carbonyl (C=O) groups excluding carboxylic acids is 1. The standard InChI is InChI=1S/C23H15Cl3F3N3O2/c1-11-2-3-12(8-17(11)31-22(33)13-4-5-18(26)30-10-13)20-19(23(27,28)29)21(34-32-20)14-6-15(24)9-16(25)7-14/h2-10,21,32H,1H3,(H,31,33).